The Kier molecular flexibility index (Phi) is 6.09. The lowest BCUT2D eigenvalue weighted by atomic mass is 9.97. The Morgan fingerprint density at radius 1 is 0.415 bits per heavy atom. The number of hydrogen-bond acceptors (Lipinski definition) is 4. The van der Waals surface area contributed by atoms with Crippen molar-refractivity contribution in [1.82, 2.24) is 14.5 Å². The van der Waals surface area contributed by atoms with Crippen molar-refractivity contribution in [2.75, 3.05) is 0 Å². The molecule has 0 bridgehead atoms. The maximum Gasteiger partial charge on any atom is 0.235 e. The summed E-state index contributed by atoms with van der Waals surface area (Å²) in [6.07, 6.45) is 0. The van der Waals surface area contributed by atoms with Crippen LogP contribution < -0.4 is 0 Å². The molecule has 53 heavy (non-hydrogen) atoms. The Hall–Kier alpha value is -6.40. The Labute approximate surface area is 311 Å². The summed E-state index contributed by atoms with van der Waals surface area (Å²) in [4.78, 5) is 10.9. The van der Waals surface area contributed by atoms with Crippen molar-refractivity contribution in [3.63, 3.8) is 0 Å². The zero-order valence-electron chi connectivity index (χ0n) is 28.2. The van der Waals surface area contributed by atoms with E-state index in [1.54, 1.807) is 11.3 Å². The minimum Gasteiger partial charge on any atom is -0.278 e. The first-order valence-electron chi connectivity index (χ1n) is 17.8. The zero-order chi connectivity index (χ0) is 34.6. The number of nitrogens with zero attached hydrogens (tertiary/aromatic N) is 3. The third-order valence-corrected chi connectivity index (χ3v) is 13.1. The molecular formula is C48H27N3S2. The van der Waals surface area contributed by atoms with Gasteiger partial charge in [0.25, 0.3) is 0 Å². The lowest BCUT2D eigenvalue weighted by Gasteiger charge is -2.12. The van der Waals surface area contributed by atoms with Crippen LogP contribution in [0.15, 0.2) is 164 Å². The highest BCUT2D eigenvalue weighted by Crippen LogP contribution is 2.43. The van der Waals surface area contributed by atoms with Crippen molar-refractivity contribution in [3.05, 3.63) is 164 Å². The molecule has 12 aromatic rings. The summed E-state index contributed by atoms with van der Waals surface area (Å²) in [6, 6.07) is 59.4. The molecule has 0 amide bonds. The van der Waals surface area contributed by atoms with Crippen molar-refractivity contribution in [2.24, 2.45) is 0 Å². The molecule has 3 nitrogen and oxygen atoms in total. The highest BCUT2D eigenvalue weighted by molar-refractivity contribution is 7.26. The standard InChI is InChI=1S/C48H27N3S2/c1-2-12-32-28(10-1)11-9-16-33(32)29-20-22-30(23-21-29)45-47-46(36-15-5-8-19-42(36)53-47)50-48(49-45)51-39-17-6-3-13-34(39)38-26-31-24-25-43-44(37(31)27-40(38)51)35-14-4-7-18-41(35)52-43/h1-27H. The predicted molar refractivity (Wildman–Crippen MR) is 228 cm³/mol. The molecule has 0 radical (unpaired) electrons. The Bertz CT molecular complexity index is 3450. The summed E-state index contributed by atoms with van der Waals surface area (Å²) in [5, 5.41) is 11.2. The van der Waals surface area contributed by atoms with Gasteiger partial charge in [0.05, 0.1) is 26.9 Å². The highest BCUT2D eigenvalue weighted by atomic mass is 32.1. The Morgan fingerprint density at radius 3 is 1.98 bits per heavy atom. The summed E-state index contributed by atoms with van der Waals surface area (Å²) >= 11 is 3.63. The van der Waals surface area contributed by atoms with Gasteiger partial charge >= 0.3 is 0 Å². The first-order valence-corrected chi connectivity index (χ1v) is 19.5. The van der Waals surface area contributed by atoms with Gasteiger partial charge in [-0.15, -0.1) is 22.7 Å². The van der Waals surface area contributed by atoms with Crippen LogP contribution in [0.3, 0.4) is 0 Å². The van der Waals surface area contributed by atoms with E-state index in [9.17, 15) is 0 Å². The number of benzene rings is 8. The topological polar surface area (TPSA) is 30.7 Å². The molecule has 0 spiro atoms. The van der Waals surface area contributed by atoms with Crippen LogP contribution in [-0.2, 0) is 0 Å². The van der Waals surface area contributed by atoms with Gasteiger partial charge in [-0.25, -0.2) is 9.97 Å². The molecule has 0 aliphatic rings. The van der Waals surface area contributed by atoms with Crippen LogP contribution in [0.5, 0.6) is 0 Å². The van der Waals surface area contributed by atoms with E-state index in [1.165, 1.54) is 68.3 Å². The van der Waals surface area contributed by atoms with E-state index < -0.39 is 0 Å². The van der Waals surface area contributed by atoms with E-state index in [4.69, 9.17) is 9.97 Å². The fraction of sp³-hybridized carbons (Fsp3) is 0. The molecule has 246 valence electrons. The maximum atomic E-state index is 5.51. The molecule has 0 fully saturated rings. The van der Waals surface area contributed by atoms with E-state index in [0.29, 0.717) is 5.95 Å². The van der Waals surface area contributed by atoms with Crippen LogP contribution in [0.1, 0.15) is 0 Å². The lowest BCUT2D eigenvalue weighted by molar-refractivity contribution is 1.02. The average Bonchev–Trinajstić information content (AvgIpc) is 3.89. The van der Waals surface area contributed by atoms with Crippen molar-refractivity contribution < 1.29 is 0 Å². The number of thiophene rings is 2. The van der Waals surface area contributed by atoms with Gasteiger partial charge < -0.3 is 0 Å². The first-order chi connectivity index (χ1) is 26.3. The summed E-state index contributed by atoms with van der Waals surface area (Å²) < 4.78 is 7.22. The Balaban J connectivity index is 1.14. The summed E-state index contributed by atoms with van der Waals surface area (Å²) in [5.74, 6) is 0.682. The first kappa shape index (κ1) is 29.2. The molecule has 5 heteroatoms. The van der Waals surface area contributed by atoms with Crippen molar-refractivity contribution >= 4 is 106 Å². The van der Waals surface area contributed by atoms with E-state index in [2.05, 4.69) is 168 Å². The second-order valence-electron chi connectivity index (χ2n) is 13.7. The zero-order valence-corrected chi connectivity index (χ0v) is 29.9. The predicted octanol–water partition coefficient (Wildman–Crippen LogP) is 13.9. The number of fused-ring (bicyclic) bond motifs is 12. The molecule has 0 N–H and O–H groups in total. The largest absolute Gasteiger partial charge is 0.278 e. The number of aromatic nitrogens is 3. The fourth-order valence-electron chi connectivity index (χ4n) is 8.39. The quantitative estimate of drug-likeness (QED) is 0.183. The van der Waals surface area contributed by atoms with E-state index in [-0.39, 0.29) is 0 Å². The molecule has 4 aromatic heterocycles. The molecule has 0 saturated carbocycles. The van der Waals surface area contributed by atoms with Gasteiger partial charge in [0, 0.05) is 46.6 Å². The minimum absolute atomic E-state index is 0.682. The monoisotopic (exact) mass is 709 g/mol. The number of rotatable bonds is 3. The van der Waals surface area contributed by atoms with Crippen molar-refractivity contribution in [3.8, 4) is 28.3 Å². The molecule has 0 saturated heterocycles. The van der Waals surface area contributed by atoms with Crippen molar-refractivity contribution in [1.29, 1.82) is 0 Å². The number of hydrogen-bond donors (Lipinski definition) is 0. The lowest BCUT2D eigenvalue weighted by Crippen LogP contribution is -2.02. The molecule has 0 aliphatic carbocycles. The van der Waals surface area contributed by atoms with E-state index in [0.717, 1.165) is 37.9 Å². The van der Waals surface area contributed by atoms with Crippen LogP contribution >= 0.6 is 22.7 Å². The van der Waals surface area contributed by atoms with Gasteiger partial charge in [0.2, 0.25) is 5.95 Å². The maximum absolute atomic E-state index is 5.51. The van der Waals surface area contributed by atoms with Crippen LogP contribution in [0.4, 0.5) is 0 Å². The van der Waals surface area contributed by atoms with E-state index >= 15 is 0 Å². The summed E-state index contributed by atoms with van der Waals surface area (Å²) in [5.41, 5.74) is 7.64. The highest BCUT2D eigenvalue weighted by Gasteiger charge is 2.21. The summed E-state index contributed by atoms with van der Waals surface area (Å²) in [6.45, 7) is 0. The minimum atomic E-state index is 0.682. The van der Waals surface area contributed by atoms with Crippen LogP contribution in [0.25, 0.3) is 112 Å². The van der Waals surface area contributed by atoms with Crippen LogP contribution in [0, 0.1) is 0 Å². The van der Waals surface area contributed by atoms with Gasteiger partial charge in [0.15, 0.2) is 0 Å². The van der Waals surface area contributed by atoms with Crippen LogP contribution in [-0.4, -0.2) is 14.5 Å². The second-order valence-corrected chi connectivity index (χ2v) is 15.9. The fourth-order valence-corrected chi connectivity index (χ4v) is 10.7. The average molecular weight is 710 g/mol. The van der Waals surface area contributed by atoms with Gasteiger partial charge in [-0.05, 0) is 69.1 Å². The molecule has 0 atom stereocenters. The van der Waals surface area contributed by atoms with Crippen LogP contribution in [0.2, 0.25) is 0 Å². The molecule has 4 heterocycles. The Morgan fingerprint density at radius 2 is 1.11 bits per heavy atom. The van der Waals surface area contributed by atoms with Gasteiger partial charge in [-0.3, -0.25) is 4.57 Å². The SMILES string of the molecule is c1ccc2c(-c3ccc(-c4nc(-n5c6ccccc6c6cc7ccc8sc9ccccc9c8c7cc65)nc5c4sc4ccccc45)cc3)cccc2c1. The molecule has 12 rings (SSSR count). The van der Waals surface area contributed by atoms with Gasteiger partial charge in [-0.2, -0.15) is 0 Å². The number of para-hydroxylation sites is 1. The van der Waals surface area contributed by atoms with Crippen molar-refractivity contribution in [2.45, 2.75) is 0 Å². The third-order valence-electron chi connectivity index (χ3n) is 10.8. The normalized spacial score (nSPS) is 12.2. The molecular weight excluding hydrogens is 683 g/mol. The van der Waals surface area contributed by atoms with Gasteiger partial charge in [-0.1, -0.05) is 127 Å². The smallest absolute Gasteiger partial charge is 0.235 e. The molecule has 0 aliphatic heterocycles. The summed E-state index contributed by atoms with van der Waals surface area (Å²) in [7, 11) is 0. The molecule has 0 unspecified atom stereocenters. The second kappa shape index (κ2) is 11.1. The third kappa shape index (κ3) is 4.26. The van der Waals surface area contributed by atoms with E-state index in [1.807, 2.05) is 11.3 Å². The van der Waals surface area contributed by atoms with Gasteiger partial charge in [0.1, 0.15) is 0 Å². The molecule has 8 aromatic carbocycles.